The monoisotopic (exact) mass is 387 g/mol. The van der Waals surface area contributed by atoms with Crippen molar-refractivity contribution in [3.63, 3.8) is 0 Å². The number of nitrogens with one attached hydrogen (secondary N) is 1. The number of carbonyl (C=O) groups excluding carboxylic acids is 1. The summed E-state index contributed by atoms with van der Waals surface area (Å²) in [7, 11) is 0. The Kier molecular flexibility index (Phi) is 6.83. The minimum absolute atomic E-state index is 0.0626. The van der Waals surface area contributed by atoms with Gasteiger partial charge >= 0.3 is 0 Å². The Morgan fingerprint density at radius 2 is 1.82 bits per heavy atom. The van der Waals surface area contributed by atoms with Crippen LogP contribution in [-0.4, -0.2) is 23.2 Å². The van der Waals surface area contributed by atoms with Crippen molar-refractivity contribution in [1.29, 1.82) is 5.26 Å². The SMILES string of the molecule is Cc1ccc(-c2ccc(C#N)c(SCC(=O)NCCc3ccccc3)n2)cc1. The summed E-state index contributed by atoms with van der Waals surface area (Å²) in [6, 6.07) is 23.9. The highest BCUT2D eigenvalue weighted by atomic mass is 32.2. The van der Waals surface area contributed by atoms with Crippen molar-refractivity contribution in [3.8, 4) is 17.3 Å². The second-order valence-corrected chi connectivity index (χ2v) is 7.37. The lowest BCUT2D eigenvalue weighted by molar-refractivity contribution is -0.118. The van der Waals surface area contributed by atoms with Gasteiger partial charge in [-0.15, -0.1) is 0 Å². The maximum atomic E-state index is 12.2. The van der Waals surface area contributed by atoms with Gasteiger partial charge in [0.15, 0.2) is 0 Å². The molecule has 1 aromatic heterocycles. The van der Waals surface area contributed by atoms with Gasteiger partial charge in [-0.05, 0) is 31.0 Å². The molecule has 0 radical (unpaired) electrons. The van der Waals surface area contributed by atoms with Crippen LogP contribution >= 0.6 is 11.8 Å². The van der Waals surface area contributed by atoms with Gasteiger partial charge in [0.25, 0.3) is 0 Å². The Hall–Kier alpha value is -3.10. The van der Waals surface area contributed by atoms with E-state index in [4.69, 9.17) is 0 Å². The molecule has 1 heterocycles. The van der Waals surface area contributed by atoms with Gasteiger partial charge in [-0.2, -0.15) is 5.26 Å². The van der Waals surface area contributed by atoms with E-state index in [0.717, 1.165) is 17.7 Å². The quantitative estimate of drug-likeness (QED) is 0.611. The zero-order valence-corrected chi connectivity index (χ0v) is 16.5. The number of nitrogens with zero attached hydrogens (tertiary/aromatic N) is 2. The molecule has 5 heteroatoms. The van der Waals surface area contributed by atoms with E-state index < -0.39 is 0 Å². The predicted octanol–water partition coefficient (Wildman–Crippen LogP) is 4.38. The van der Waals surface area contributed by atoms with Crippen molar-refractivity contribution in [2.75, 3.05) is 12.3 Å². The Labute approximate surface area is 169 Å². The second-order valence-electron chi connectivity index (χ2n) is 6.40. The molecule has 1 N–H and O–H groups in total. The lowest BCUT2D eigenvalue weighted by Crippen LogP contribution is -2.27. The Morgan fingerprint density at radius 3 is 2.54 bits per heavy atom. The first kappa shape index (κ1) is 19.7. The summed E-state index contributed by atoms with van der Waals surface area (Å²) < 4.78 is 0. The van der Waals surface area contributed by atoms with Gasteiger partial charge in [0.05, 0.1) is 17.0 Å². The molecule has 28 heavy (non-hydrogen) atoms. The summed E-state index contributed by atoms with van der Waals surface area (Å²) in [6.07, 6.45) is 0.794. The van der Waals surface area contributed by atoms with Crippen LogP contribution in [-0.2, 0) is 11.2 Å². The Bertz CT molecular complexity index is 979. The second kappa shape index (κ2) is 9.72. The van der Waals surface area contributed by atoms with Crippen LogP contribution in [0.3, 0.4) is 0 Å². The fourth-order valence-corrected chi connectivity index (χ4v) is 3.50. The van der Waals surface area contributed by atoms with Crippen LogP contribution in [0.2, 0.25) is 0 Å². The number of amides is 1. The molecule has 0 aliphatic rings. The third-order valence-corrected chi connectivity index (χ3v) is 5.24. The van der Waals surface area contributed by atoms with Crippen LogP contribution in [0.25, 0.3) is 11.3 Å². The average Bonchev–Trinajstić information content (AvgIpc) is 2.73. The molecule has 0 aliphatic carbocycles. The van der Waals surface area contributed by atoms with Crippen LogP contribution in [0.4, 0.5) is 0 Å². The number of nitriles is 1. The highest BCUT2D eigenvalue weighted by molar-refractivity contribution is 8.00. The molecule has 4 nitrogen and oxygen atoms in total. The molecule has 0 fully saturated rings. The predicted molar refractivity (Wildman–Crippen MR) is 113 cm³/mol. The van der Waals surface area contributed by atoms with E-state index >= 15 is 0 Å². The topological polar surface area (TPSA) is 65.8 Å². The van der Waals surface area contributed by atoms with Crippen molar-refractivity contribution < 1.29 is 4.79 Å². The fraction of sp³-hybridized carbons (Fsp3) is 0.174. The minimum atomic E-state index is -0.0626. The largest absolute Gasteiger partial charge is 0.355 e. The van der Waals surface area contributed by atoms with Gasteiger partial charge in [-0.3, -0.25) is 4.79 Å². The molecule has 0 spiro atoms. The van der Waals surface area contributed by atoms with E-state index in [0.29, 0.717) is 17.1 Å². The highest BCUT2D eigenvalue weighted by Crippen LogP contribution is 2.25. The fourth-order valence-electron chi connectivity index (χ4n) is 2.70. The molecule has 0 unspecified atom stereocenters. The Balaban J connectivity index is 1.59. The summed E-state index contributed by atoms with van der Waals surface area (Å²) in [4.78, 5) is 16.8. The maximum absolute atomic E-state index is 12.2. The number of pyridine rings is 1. The van der Waals surface area contributed by atoms with Gasteiger partial charge in [0, 0.05) is 12.1 Å². The smallest absolute Gasteiger partial charge is 0.230 e. The standard InChI is InChI=1S/C23H21N3OS/c1-17-7-9-19(10-8-17)21-12-11-20(15-24)23(26-21)28-16-22(27)25-14-13-18-5-3-2-4-6-18/h2-12H,13-14,16H2,1H3,(H,25,27). The van der Waals surface area contributed by atoms with Crippen LogP contribution in [0.15, 0.2) is 71.8 Å². The summed E-state index contributed by atoms with van der Waals surface area (Å²) in [5, 5.41) is 12.8. The van der Waals surface area contributed by atoms with Crippen molar-refractivity contribution in [3.05, 3.63) is 83.4 Å². The molecule has 1 amide bonds. The molecule has 0 saturated carbocycles. The minimum Gasteiger partial charge on any atom is -0.355 e. The first-order chi connectivity index (χ1) is 13.7. The number of hydrogen-bond acceptors (Lipinski definition) is 4. The lowest BCUT2D eigenvalue weighted by Gasteiger charge is -2.08. The van der Waals surface area contributed by atoms with Gasteiger partial charge in [-0.1, -0.05) is 71.9 Å². The number of benzene rings is 2. The summed E-state index contributed by atoms with van der Waals surface area (Å²) in [6.45, 7) is 2.62. The average molecular weight is 388 g/mol. The van der Waals surface area contributed by atoms with Gasteiger partial charge in [-0.25, -0.2) is 4.98 Å². The van der Waals surface area contributed by atoms with Gasteiger partial charge in [0.2, 0.25) is 5.91 Å². The lowest BCUT2D eigenvalue weighted by atomic mass is 10.1. The molecular weight excluding hydrogens is 366 g/mol. The number of thioether (sulfide) groups is 1. The van der Waals surface area contributed by atoms with Crippen molar-refractivity contribution in [2.45, 2.75) is 18.4 Å². The summed E-state index contributed by atoms with van der Waals surface area (Å²) in [5.74, 6) is 0.167. The van der Waals surface area contributed by atoms with Crippen LogP contribution in [0, 0.1) is 18.3 Å². The summed E-state index contributed by atoms with van der Waals surface area (Å²) in [5.41, 5.74) is 4.64. The molecule has 3 rings (SSSR count). The first-order valence-corrected chi connectivity index (χ1v) is 10.1. The molecule has 3 aromatic rings. The van der Waals surface area contributed by atoms with E-state index in [9.17, 15) is 10.1 Å². The molecule has 2 aromatic carbocycles. The van der Waals surface area contributed by atoms with Crippen molar-refractivity contribution in [1.82, 2.24) is 10.3 Å². The third-order valence-electron chi connectivity index (χ3n) is 4.25. The maximum Gasteiger partial charge on any atom is 0.230 e. The van der Waals surface area contributed by atoms with E-state index in [1.54, 1.807) is 6.07 Å². The van der Waals surface area contributed by atoms with Gasteiger partial charge < -0.3 is 5.32 Å². The molecule has 0 atom stereocenters. The third kappa shape index (κ3) is 5.45. The Morgan fingerprint density at radius 1 is 1.07 bits per heavy atom. The zero-order valence-electron chi connectivity index (χ0n) is 15.7. The first-order valence-electron chi connectivity index (χ1n) is 9.07. The van der Waals surface area contributed by atoms with Crippen LogP contribution < -0.4 is 5.32 Å². The van der Waals surface area contributed by atoms with E-state index in [-0.39, 0.29) is 11.7 Å². The van der Waals surface area contributed by atoms with Crippen LogP contribution in [0.1, 0.15) is 16.7 Å². The zero-order chi connectivity index (χ0) is 19.8. The molecule has 0 saturated heterocycles. The molecule has 0 aliphatic heterocycles. The molecular formula is C23H21N3OS. The van der Waals surface area contributed by atoms with E-state index in [2.05, 4.69) is 16.4 Å². The van der Waals surface area contributed by atoms with Crippen molar-refractivity contribution in [2.24, 2.45) is 0 Å². The van der Waals surface area contributed by atoms with E-state index in [1.807, 2.05) is 67.6 Å². The molecule has 140 valence electrons. The number of hydrogen-bond donors (Lipinski definition) is 1. The highest BCUT2D eigenvalue weighted by Gasteiger charge is 2.10. The number of rotatable bonds is 7. The van der Waals surface area contributed by atoms with E-state index in [1.165, 1.54) is 22.9 Å². The normalized spacial score (nSPS) is 10.3. The number of aryl methyl sites for hydroxylation is 1. The van der Waals surface area contributed by atoms with Gasteiger partial charge in [0.1, 0.15) is 11.1 Å². The summed E-state index contributed by atoms with van der Waals surface area (Å²) >= 11 is 1.29. The number of aromatic nitrogens is 1. The van der Waals surface area contributed by atoms with Crippen molar-refractivity contribution >= 4 is 17.7 Å². The number of carbonyl (C=O) groups is 1. The van der Waals surface area contributed by atoms with Crippen LogP contribution in [0.5, 0.6) is 0 Å². The molecule has 0 bridgehead atoms.